The summed E-state index contributed by atoms with van der Waals surface area (Å²) in [5, 5.41) is 19.6. The zero-order valence-corrected chi connectivity index (χ0v) is 8.27. The van der Waals surface area contributed by atoms with Crippen LogP contribution in [0.2, 0.25) is 0 Å². The lowest BCUT2D eigenvalue weighted by molar-refractivity contribution is -0.0244. The molecule has 1 rings (SSSR count). The van der Waals surface area contributed by atoms with Crippen molar-refractivity contribution < 1.29 is 10.2 Å². The van der Waals surface area contributed by atoms with E-state index in [9.17, 15) is 10.2 Å². The number of aliphatic hydroxyl groups excluding tert-OH is 1. The van der Waals surface area contributed by atoms with E-state index in [2.05, 4.69) is 13.8 Å². The standard InChI is InChI=1S/C11H18O2/c1-9(2)6-8-11(13)7-4-3-5-10(11)12/h3-5,7,9-10,12-13H,6,8H2,1-2H3. The molecule has 0 heterocycles. The quantitative estimate of drug-likeness (QED) is 0.696. The Labute approximate surface area is 79.6 Å². The molecular weight excluding hydrogens is 164 g/mol. The topological polar surface area (TPSA) is 40.5 Å². The molecule has 0 saturated heterocycles. The Bertz CT molecular complexity index is 218. The highest BCUT2D eigenvalue weighted by Crippen LogP contribution is 2.25. The summed E-state index contributed by atoms with van der Waals surface area (Å²) in [6, 6.07) is 0. The zero-order chi connectivity index (χ0) is 9.90. The molecule has 74 valence electrons. The van der Waals surface area contributed by atoms with E-state index in [1.165, 1.54) is 0 Å². The molecule has 0 fully saturated rings. The molecule has 2 unspecified atom stereocenters. The lowest BCUT2D eigenvalue weighted by Gasteiger charge is -2.30. The second kappa shape index (κ2) is 4.07. The van der Waals surface area contributed by atoms with Crippen LogP contribution in [0.25, 0.3) is 0 Å². The van der Waals surface area contributed by atoms with E-state index in [-0.39, 0.29) is 0 Å². The minimum absolute atomic E-state index is 0.551. The molecule has 1 aliphatic rings. The van der Waals surface area contributed by atoms with Crippen LogP contribution in [-0.4, -0.2) is 21.9 Å². The van der Waals surface area contributed by atoms with Gasteiger partial charge in [-0.15, -0.1) is 0 Å². The van der Waals surface area contributed by atoms with Crippen LogP contribution >= 0.6 is 0 Å². The molecule has 13 heavy (non-hydrogen) atoms. The molecule has 2 N–H and O–H groups in total. The summed E-state index contributed by atoms with van der Waals surface area (Å²) in [5.41, 5.74) is -1.04. The van der Waals surface area contributed by atoms with Gasteiger partial charge < -0.3 is 10.2 Å². The van der Waals surface area contributed by atoms with Gasteiger partial charge in [0.25, 0.3) is 0 Å². The first-order valence-corrected chi connectivity index (χ1v) is 4.81. The lowest BCUT2D eigenvalue weighted by Crippen LogP contribution is -2.40. The third-order valence-corrected chi connectivity index (χ3v) is 2.42. The molecule has 0 aliphatic heterocycles. The highest BCUT2D eigenvalue weighted by atomic mass is 16.3. The second-order valence-electron chi connectivity index (χ2n) is 4.11. The summed E-state index contributed by atoms with van der Waals surface area (Å²) in [7, 11) is 0. The normalized spacial score (nSPS) is 32.8. The largest absolute Gasteiger partial charge is 0.386 e. The van der Waals surface area contributed by atoms with E-state index >= 15 is 0 Å². The van der Waals surface area contributed by atoms with Crippen molar-refractivity contribution >= 4 is 0 Å². The fourth-order valence-corrected chi connectivity index (χ4v) is 1.41. The van der Waals surface area contributed by atoms with Crippen LogP contribution < -0.4 is 0 Å². The number of hydrogen-bond donors (Lipinski definition) is 2. The average Bonchev–Trinajstić information content (AvgIpc) is 2.07. The molecule has 1 aliphatic carbocycles. The van der Waals surface area contributed by atoms with Crippen LogP contribution in [0, 0.1) is 5.92 Å². The van der Waals surface area contributed by atoms with Crippen LogP contribution in [0.15, 0.2) is 24.3 Å². The minimum Gasteiger partial charge on any atom is -0.386 e. The Kier molecular flexibility index (Phi) is 3.28. The third kappa shape index (κ3) is 2.68. The van der Waals surface area contributed by atoms with Crippen LogP contribution in [0.1, 0.15) is 26.7 Å². The number of hydrogen-bond acceptors (Lipinski definition) is 2. The van der Waals surface area contributed by atoms with Crippen molar-refractivity contribution in [3.05, 3.63) is 24.3 Å². The highest BCUT2D eigenvalue weighted by Gasteiger charge is 2.32. The van der Waals surface area contributed by atoms with Gasteiger partial charge in [-0.1, -0.05) is 38.2 Å². The molecule has 2 atom stereocenters. The van der Waals surface area contributed by atoms with E-state index < -0.39 is 11.7 Å². The van der Waals surface area contributed by atoms with Gasteiger partial charge in [-0.25, -0.2) is 0 Å². The summed E-state index contributed by atoms with van der Waals surface area (Å²) < 4.78 is 0. The minimum atomic E-state index is -1.04. The van der Waals surface area contributed by atoms with Crippen LogP contribution in [0.4, 0.5) is 0 Å². The smallest absolute Gasteiger partial charge is 0.112 e. The predicted molar refractivity (Wildman–Crippen MR) is 53.3 cm³/mol. The highest BCUT2D eigenvalue weighted by molar-refractivity contribution is 5.22. The van der Waals surface area contributed by atoms with Crippen molar-refractivity contribution in [1.82, 2.24) is 0 Å². The molecule has 0 aromatic carbocycles. The van der Waals surface area contributed by atoms with Crippen LogP contribution in [-0.2, 0) is 0 Å². The van der Waals surface area contributed by atoms with Gasteiger partial charge in [0.2, 0.25) is 0 Å². The molecular formula is C11H18O2. The van der Waals surface area contributed by atoms with Crippen molar-refractivity contribution in [1.29, 1.82) is 0 Å². The Morgan fingerprint density at radius 3 is 2.62 bits per heavy atom. The van der Waals surface area contributed by atoms with Crippen LogP contribution in [0.3, 0.4) is 0 Å². The fourth-order valence-electron chi connectivity index (χ4n) is 1.41. The molecule has 2 heteroatoms. The van der Waals surface area contributed by atoms with Crippen molar-refractivity contribution in [2.24, 2.45) is 5.92 Å². The first-order chi connectivity index (χ1) is 6.04. The van der Waals surface area contributed by atoms with Gasteiger partial charge in [0.15, 0.2) is 0 Å². The summed E-state index contributed by atoms with van der Waals surface area (Å²) in [5.74, 6) is 0.551. The maximum Gasteiger partial charge on any atom is 0.112 e. The molecule has 0 amide bonds. The maximum atomic E-state index is 10.0. The molecule has 0 aromatic rings. The molecule has 0 saturated carbocycles. The van der Waals surface area contributed by atoms with Gasteiger partial charge >= 0.3 is 0 Å². The van der Waals surface area contributed by atoms with Crippen molar-refractivity contribution in [3.8, 4) is 0 Å². The molecule has 0 bridgehead atoms. The van der Waals surface area contributed by atoms with E-state index in [0.29, 0.717) is 12.3 Å². The van der Waals surface area contributed by atoms with Gasteiger partial charge in [0, 0.05) is 0 Å². The van der Waals surface area contributed by atoms with E-state index in [4.69, 9.17) is 0 Å². The lowest BCUT2D eigenvalue weighted by atomic mass is 9.86. The van der Waals surface area contributed by atoms with E-state index in [1.54, 1.807) is 24.3 Å². The summed E-state index contributed by atoms with van der Waals surface area (Å²) in [6.07, 6.45) is 7.64. The number of aliphatic hydroxyl groups is 2. The average molecular weight is 182 g/mol. The Balaban J connectivity index is 2.54. The number of allylic oxidation sites excluding steroid dienone is 2. The summed E-state index contributed by atoms with van der Waals surface area (Å²) >= 11 is 0. The summed E-state index contributed by atoms with van der Waals surface area (Å²) in [6.45, 7) is 4.22. The molecule has 0 aromatic heterocycles. The first kappa shape index (κ1) is 10.5. The monoisotopic (exact) mass is 182 g/mol. The van der Waals surface area contributed by atoms with Crippen molar-refractivity contribution in [2.45, 2.75) is 38.4 Å². The predicted octanol–water partition coefficient (Wildman–Crippen LogP) is 1.64. The third-order valence-electron chi connectivity index (χ3n) is 2.42. The van der Waals surface area contributed by atoms with Gasteiger partial charge in [0.1, 0.15) is 11.7 Å². The molecule has 0 radical (unpaired) electrons. The van der Waals surface area contributed by atoms with Crippen molar-refractivity contribution in [2.75, 3.05) is 0 Å². The van der Waals surface area contributed by atoms with Crippen LogP contribution in [0.5, 0.6) is 0 Å². The van der Waals surface area contributed by atoms with Gasteiger partial charge in [-0.3, -0.25) is 0 Å². The maximum absolute atomic E-state index is 10.0. The Morgan fingerprint density at radius 2 is 2.08 bits per heavy atom. The molecule has 0 spiro atoms. The number of rotatable bonds is 3. The Morgan fingerprint density at radius 1 is 1.38 bits per heavy atom. The Hall–Kier alpha value is -0.600. The fraction of sp³-hybridized carbons (Fsp3) is 0.636. The SMILES string of the molecule is CC(C)CCC1(O)C=CC=CC1O. The van der Waals surface area contributed by atoms with Gasteiger partial charge in [-0.05, 0) is 18.8 Å². The summed E-state index contributed by atoms with van der Waals surface area (Å²) in [4.78, 5) is 0. The zero-order valence-electron chi connectivity index (χ0n) is 8.27. The first-order valence-electron chi connectivity index (χ1n) is 4.81. The van der Waals surface area contributed by atoms with Gasteiger partial charge in [0.05, 0.1) is 0 Å². The van der Waals surface area contributed by atoms with E-state index in [1.807, 2.05) is 0 Å². The van der Waals surface area contributed by atoms with Crippen molar-refractivity contribution in [3.63, 3.8) is 0 Å². The van der Waals surface area contributed by atoms with Gasteiger partial charge in [-0.2, -0.15) is 0 Å². The molecule has 2 nitrogen and oxygen atoms in total. The van der Waals surface area contributed by atoms with E-state index in [0.717, 1.165) is 6.42 Å². The second-order valence-corrected chi connectivity index (χ2v) is 4.11.